The molecular formula is C40H39NO2S4. The molecule has 4 aromatic heterocycles. The fraction of sp³-hybridized carbons (Fsp3) is 0.350. The zero-order valence-corrected chi connectivity index (χ0v) is 30.4. The third-order valence-corrected chi connectivity index (χ3v) is 15.0. The van der Waals surface area contributed by atoms with Gasteiger partial charge in [0.05, 0.1) is 0 Å². The SMILES string of the molecule is CCCCCCCC1c2ccsc2-c2ccc(s2)-c2sc(-c3cc4c(s3)C(=C(C#N)C(=O)O)c3ccccc3-4)cc2C(CC)C1CC. The Hall–Kier alpha value is -3.28. The number of nitriles is 1. The van der Waals surface area contributed by atoms with E-state index in [1.54, 1.807) is 16.9 Å². The molecule has 0 spiro atoms. The van der Waals surface area contributed by atoms with Gasteiger partial charge in [0.1, 0.15) is 11.6 Å². The largest absolute Gasteiger partial charge is 0.477 e. The lowest BCUT2D eigenvalue weighted by atomic mass is 9.70. The van der Waals surface area contributed by atoms with Crippen molar-refractivity contribution in [1.29, 1.82) is 5.26 Å². The van der Waals surface area contributed by atoms with E-state index in [1.807, 2.05) is 64.3 Å². The number of rotatable bonds is 10. The normalized spacial score (nSPS) is 19.0. The van der Waals surface area contributed by atoms with E-state index in [0.29, 0.717) is 23.3 Å². The lowest BCUT2D eigenvalue weighted by Gasteiger charge is -2.34. The molecule has 0 amide bonds. The van der Waals surface area contributed by atoms with Crippen LogP contribution in [0.2, 0.25) is 0 Å². The number of nitrogens with zero attached hydrogens (tertiary/aromatic N) is 1. The summed E-state index contributed by atoms with van der Waals surface area (Å²) in [7, 11) is 0. The standard InChI is InChI=1S/C40H39NO2S4/c1-4-7-8-9-10-13-25-23(5-2)24(6-3)29-20-34(46-38(29)33-17-16-32(45-33)37-28(25)18-19-44-37)35-21-30-26-14-11-12-15-27(26)36(39(30)47-35)31(22-41)40(42)43/h11-12,14-21,23-25H,4-10,13H2,1-3H3,(H,42,43). The van der Waals surface area contributed by atoms with Gasteiger partial charge in [-0.1, -0.05) is 83.6 Å². The maximum atomic E-state index is 12.2. The quantitative estimate of drug-likeness (QED) is 0.0882. The highest BCUT2D eigenvalue weighted by Crippen LogP contribution is 2.57. The van der Waals surface area contributed by atoms with Crippen LogP contribution in [0.1, 0.15) is 106 Å². The number of hydrogen-bond acceptors (Lipinski definition) is 6. The second kappa shape index (κ2) is 13.7. The summed E-state index contributed by atoms with van der Waals surface area (Å²) in [5, 5.41) is 22.1. The van der Waals surface area contributed by atoms with Gasteiger partial charge in [-0.2, -0.15) is 5.26 Å². The van der Waals surface area contributed by atoms with E-state index >= 15 is 0 Å². The van der Waals surface area contributed by atoms with Crippen LogP contribution in [0.4, 0.5) is 0 Å². The van der Waals surface area contributed by atoms with Crippen LogP contribution in [0.3, 0.4) is 0 Å². The molecule has 240 valence electrons. The van der Waals surface area contributed by atoms with E-state index in [-0.39, 0.29) is 5.57 Å². The molecular weight excluding hydrogens is 655 g/mol. The molecule has 3 atom stereocenters. The summed E-state index contributed by atoms with van der Waals surface area (Å²) in [5.41, 5.74) is 6.26. The monoisotopic (exact) mass is 693 g/mol. The first-order chi connectivity index (χ1) is 23.0. The van der Waals surface area contributed by atoms with E-state index < -0.39 is 5.97 Å². The van der Waals surface area contributed by atoms with Crippen molar-refractivity contribution in [2.24, 2.45) is 5.92 Å². The number of thiophene rings is 4. The third kappa shape index (κ3) is 5.68. The van der Waals surface area contributed by atoms with Crippen LogP contribution in [0, 0.1) is 17.2 Å². The molecule has 3 unspecified atom stereocenters. The molecule has 47 heavy (non-hydrogen) atoms. The van der Waals surface area contributed by atoms with Crippen LogP contribution in [0.15, 0.2) is 65.6 Å². The van der Waals surface area contributed by atoms with Crippen LogP contribution in [-0.2, 0) is 4.79 Å². The van der Waals surface area contributed by atoms with E-state index in [1.165, 1.54) is 68.5 Å². The zero-order valence-electron chi connectivity index (χ0n) is 27.1. The van der Waals surface area contributed by atoms with Crippen molar-refractivity contribution in [1.82, 2.24) is 0 Å². The molecule has 1 aromatic carbocycles. The molecule has 0 fully saturated rings. The van der Waals surface area contributed by atoms with Crippen molar-refractivity contribution in [3.63, 3.8) is 0 Å². The van der Waals surface area contributed by atoms with Crippen LogP contribution in [0.5, 0.6) is 0 Å². The summed E-state index contributed by atoms with van der Waals surface area (Å²) in [4.78, 5) is 21.0. The maximum absolute atomic E-state index is 12.2. The molecule has 2 aliphatic rings. The third-order valence-electron chi connectivity index (χ3n) is 10.1. The number of aliphatic carboxylic acids is 1. The highest BCUT2D eigenvalue weighted by atomic mass is 32.1. The number of carbonyl (C=O) groups is 1. The first kappa shape index (κ1) is 32.3. The lowest BCUT2D eigenvalue weighted by Crippen LogP contribution is -2.21. The Bertz CT molecular complexity index is 2010. The minimum Gasteiger partial charge on any atom is -0.477 e. The topological polar surface area (TPSA) is 61.1 Å². The van der Waals surface area contributed by atoms with Crippen molar-refractivity contribution >= 4 is 56.9 Å². The van der Waals surface area contributed by atoms with Crippen LogP contribution in [0.25, 0.3) is 46.0 Å². The minimum absolute atomic E-state index is 0.188. The summed E-state index contributed by atoms with van der Waals surface area (Å²) in [6.45, 7) is 7.06. The molecule has 1 aliphatic carbocycles. The number of unbranched alkanes of at least 4 members (excludes halogenated alkanes) is 4. The van der Waals surface area contributed by atoms with E-state index in [0.717, 1.165) is 39.3 Å². The predicted octanol–water partition coefficient (Wildman–Crippen LogP) is 13.3. The van der Waals surface area contributed by atoms with Crippen molar-refractivity contribution in [2.45, 2.75) is 84.0 Å². The Morgan fingerprint density at radius 1 is 0.745 bits per heavy atom. The molecule has 7 heteroatoms. The van der Waals surface area contributed by atoms with Gasteiger partial charge >= 0.3 is 5.97 Å². The highest BCUT2D eigenvalue weighted by Gasteiger charge is 2.36. The molecule has 2 bridgehead atoms. The number of hydrogen-bond donors (Lipinski definition) is 1. The maximum Gasteiger partial charge on any atom is 0.347 e. The predicted molar refractivity (Wildman–Crippen MR) is 202 cm³/mol. The first-order valence-corrected chi connectivity index (χ1v) is 20.2. The molecule has 0 radical (unpaired) electrons. The van der Waals surface area contributed by atoms with Gasteiger partial charge in [-0.15, -0.1) is 45.3 Å². The Morgan fingerprint density at radius 2 is 1.47 bits per heavy atom. The van der Waals surface area contributed by atoms with Gasteiger partial charge < -0.3 is 5.11 Å². The summed E-state index contributed by atoms with van der Waals surface area (Å²) < 4.78 is 0. The Morgan fingerprint density at radius 3 is 2.19 bits per heavy atom. The zero-order chi connectivity index (χ0) is 32.7. The van der Waals surface area contributed by atoms with Crippen LogP contribution in [-0.4, -0.2) is 11.1 Å². The highest BCUT2D eigenvalue weighted by molar-refractivity contribution is 7.28. The second-order valence-electron chi connectivity index (χ2n) is 12.7. The van der Waals surface area contributed by atoms with Crippen molar-refractivity contribution in [3.8, 4) is 46.5 Å². The van der Waals surface area contributed by atoms with Gasteiger partial charge in [-0.25, -0.2) is 4.79 Å². The van der Waals surface area contributed by atoms with Crippen molar-refractivity contribution in [2.75, 3.05) is 0 Å². The molecule has 1 N–H and O–H groups in total. The molecule has 0 saturated carbocycles. The number of carboxylic acids is 1. The smallest absolute Gasteiger partial charge is 0.347 e. The van der Waals surface area contributed by atoms with Crippen LogP contribution >= 0.6 is 45.3 Å². The number of carboxylic acid groups (broad SMARTS) is 1. The van der Waals surface area contributed by atoms with E-state index in [2.05, 4.69) is 56.5 Å². The Balaban J connectivity index is 1.36. The Labute approximate surface area is 293 Å². The lowest BCUT2D eigenvalue weighted by molar-refractivity contribution is -0.132. The number of fused-ring (bicyclic) bond motifs is 9. The van der Waals surface area contributed by atoms with Gasteiger partial charge in [0.25, 0.3) is 0 Å². The molecule has 0 saturated heterocycles. The first-order valence-electron chi connectivity index (χ1n) is 16.9. The van der Waals surface area contributed by atoms with Gasteiger partial charge in [0, 0.05) is 45.3 Å². The molecule has 7 rings (SSSR count). The van der Waals surface area contributed by atoms with E-state index in [4.69, 9.17) is 0 Å². The average molecular weight is 694 g/mol. The fourth-order valence-corrected chi connectivity index (χ4v) is 12.8. The molecule has 5 heterocycles. The van der Waals surface area contributed by atoms with Crippen molar-refractivity contribution in [3.05, 3.63) is 87.1 Å². The summed E-state index contributed by atoms with van der Waals surface area (Å²) >= 11 is 7.35. The van der Waals surface area contributed by atoms with Gasteiger partial charge in [0.2, 0.25) is 0 Å². The van der Waals surface area contributed by atoms with Crippen LogP contribution < -0.4 is 0 Å². The molecule has 5 aromatic rings. The number of benzene rings is 1. The van der Waals surface area contributed by atoms with E-state index in [9.17, 15) is 15.2 Å². The Kier molecular flexibility index (Phi) is 9.40. The second-order valence-corrected chi connectivity index (χ2v) is 16.8. The summed E-state index contributed by atoms with van der Waals surface area (Å²) in [5.74, 6) is 0.345. The van der Waals surface area contributed by atoms with Gasteiger partial charge in [0.15, 0.2) is 0 Å². The summed E-state index contributed by atoms with van der Waals surface area (Å²) in [6.07, 6.45) is 10.00. The minimum atomic E-state index is -1.18. The van der Waals surface area contributed by atoms with Crippen molar-refractivity contribution < 1.29 is 9.90 Å². The average Bonchev–Trinajstić information content (AvgIpc) is 3.91. The molecule has 1 aliphatic heterocycles. The fourth-order valence-electron chi connectivity index (χ4n) is 7.97. The molecule has 3 nitrogen and oxygen atoms in total. The van der Waals surface area contributed by atoms with Gasteiger partial charge in [-0.05, 0) is 88.6 Å². The summed E-state index contributed by atoms with van der Waals surface area (Å²) in [6, 6.07) is 21.7. The van der Waals surface area contributed by atoms with Gasteiger partial charge in [-0.3, -0.25) is 0 Å².